The molecule has 2 heterocycles. The molecule has 2 aromatic rings. The maximum Gasteiger partial charge on any atom is 0.101 e. The summed E-state index contributed by atoms with van der Waals surface area (Å²) in [5.74, 6) is 0. The molecule has 0 aliphatic heterocycles. The smallest absolute Gasteiger partial charge is 0.101 e. The van der Waals surface area contributed by atoms with Crippen molar-refractivity contribution >= 4 is 15.9 Å². The summed E-state index contributed by atoms with van der Waals surface area (Å²) in [6, 6.07) is 5.67. The molecular formula is C12H14BrN3O. The predicted octanol–water partition coefficient (Wildman–Crippen LogP) is 2.34. The molecule has 0 aliphatic carbocycles. The first-order valence-electron chi connectivity index (χ1n) is 5.51. The van der Waals surface area contributed by atoms with Crippen molar-refractivity contribution in [2.45, 2.75) is 26.0 Å². The molecule has 0 bridgehead atoms. The minimum Gasteiger partial charge on any atom is -0.386 e. The SMILES string of the molecule is CCn1nccc1C(O)Cc1ccc(Br)cn1. The van der Waals surface area contributed by atoms with Crippen molar-refractivity contribution in [2.75, 3.05) is 0 Å². The van der Waals surface area contributed by atoms with Crippen LogP contribution in [0.15, 0.2) is 35.1 Å². The van der Waals surface area contributed by atoms with E-state index in [0.29, 0.717) is 6.42 Å². The van der Waals surface area contributed by atoms with E-state index in [1.54, 1.807) is 17.1 Å². The van der Waals surface area contributed by atoms with Crippen LogP contribution in [0, 0.1) is 0 Å². The average Bonchev–Trinajstić information content (AvgIpc) is 2.80. The van der Waals surface area contributed by atoms with Gasteiger partial charge in [-0.3, -0.25) is 9.67 Å². The second kappa shape index (κ2) is 5.42. The molecule has 0 aromatic carbocycles. The molecule has 2 aromatic heterocycles. The molecule has 90 valence electrons. The summed E-state index contributed by atoms with van der Waals surface area (Å²) in [5, 5.41) is 14.3. The first kappa shape index (κ1) is 12.3. The van der Waals surface area contributed by atoms with E-state index in [1.807, 2.05) is 25.1 Å². The second-order valence-electron chi connectivity index (χ2n) is 3.76. The Kier molecular flexibility index (Phi) is 3.91. The largest absolute Gasteiger partial charge is 0.386 e. The first-order chi connectivity index (χ1) is 8.20. The Balaban J connectivity index is 2.11. The van der Waals surface area contributed by atoms with Gasteiger partial charge in [0.05, 0.1) is 5.69 Å². The number of aliphatic hydroxyl groups excluding tert-OH is 1. The number of pyridine rings is 1. The monoisotopic (exact) mass is 295 g/mol. The van der Waals surface area contributed by atoms with Crippen molar-refractivity contribution in [1.29, 1.82) is 0 Å². The Morgan fingerprint density at radius 1 is 1.41 bits per heavy atom. The summed E-state index contributed by atoms with van der Waals surface area (Å²) >= 11 is 3.33. The minimum absolute atomic E-state index is 0.499. The van der Waals surface area contributed by atoms with Gasteiger partial charge in [-0.1, -0.05) is 0 Å². The minimum atomic E-state index is -0.564. The summed E-state index contributed by atoms with van der Waals surface area (Å²) in [6.07, 6.45) is 3.38. The topological polar surface area (TPSA) is 50.9 Å². The van der Waals surface area contributed by atoms with E-state index in [4.69, 9.17) is 0 Å². The normalized spacial score (nSPS) is 12.6. The van der Waals surface area contributed by atoms with Gasteiger partial charge in [0.25, 0.3) is 0 Å². The van der Waals surface area contributed by atoms with Gasteiger partial charge in [-0.05, 0) is 41.1 Å². The zero-order valence-corrected chi connectivity index (χ0v) is 11.1. The zero-order valence-electron chi connectivity index (χ0n) is 9.55. The highest BCUT2D eigenvalue weighted by atomic mass is 79.9. The van der Waals surface area contributed by atoms with Crippen LogP contribution in [-0.2, 0) is 13.0 Å². The number of hydrogen-bond acceptors (Lipinski definition) is 3. The maximum atomic E-state index is 10.1. The molecule has 0 spiro atoms. The summed E-state index contributed by atoms with van der Waals surface area (Å²) in [5.41, 5.74) is 1.70. The van der Waals surface area contributed by atoms with Gasteiger partial charge in [0, 0.05) is 35.5 Å². The second-order valence-corrected chi connectivity index (χ2v) is 4.68. The van der Waals surface area contributed by atoms with Crippen molar-refractivity contribution in [3.8, 4) is 0 Å². The highest BCUT2D eigenvalue weighted by molar-refractivity contribution is 9.10. The van der Waals surface area contributed by atoms with Gasteiger partial charge in [-0.15, -0.1) is 0 Å². The number of hydrogen-bond donors (Lipinski definition) is 1. The molecule has 0 saturated carbocycles. The molecular weight excluding hydrogens is 282 g/mol. The van der Waals surface area contributed by atoms with E-state index in [9.17, 15) is 5.11 Å². The van der Waals surface area contributed by atoms with E-state index >= 15 is 0 Å². The van der Waals surface area contributed by atoms with Crippen LogP contribution in [0.3, 0.4) is 0 Å². The molecule has 17 heavy (non-hydrogen) atoms. The maximum absolute atomic E-state index is 10.1. The quantitative estimate of drug-likeness (QED) is 0.942. The van der Waals surface area contributed by atoms with Crippen LogP contribution >= 0.6 is 15.9 Å². The summed E-state index contributed by atoms with van der Waals surface area (Å²) in [7, 11) is 0. The van der Waals surface area contributed by atoms with Gasteiger partial charge in [0.1, 0.15) is 6.10 Å². The number of halogens is 1. The zero-order chi connectivity index (χ0) is 12.3. The van der Waals surface area contributed by atoms with Crippen LogP contribution in [0.4, 0.5) is 0 Å². The van der Waals surface area contributed by atoms with Crippen molar-refractivity contribution in [3.63, 3.8) is 0 Å². The highest BCUT2D eigenvalue weighted by Gasteiger charge is 2.13. The summed E-state index contributed by atoms with van der Waals surface area (Å²) < 4.78 is 2.73. The lowest BCUT2D eigenvalue weighted by Crippen LogP contribution is -2.10. The fourth-order valence-electron chi connectivity index (χ4n) is 1.72. The van der Waals surface area contributed by atoms with Crippen LogP contribution in [-0.4, -0.2) is 19.9 Å². The van der Waals surface area contributed by atoms with Crippen LogP contribution in [0.25, 0.3) is 0 Å². The predicted molar refractivity (Wildman–Crippen MR) is 68.5 cm³/mol. The van der Waals surface area contributed by atoms with Crippen molar-refractivity contribution in [2.24, 2.45) is 0 Å². The van der Waals surface area contributed by atoms with Gasteiger partial charge < -0.3 is 5.11 Å². The molecule has 1 N–H and O–H groups in total. The number of aliphatic hydroxyl groups is 1. The highest BCUT2D eigenvalue weighted by Crippen LogP contribution is 2.17. The first-order valence-corrected chi connectivity index (χ1v) is 6.30. The van der Waals surface area contributed by atoms with Crippen molar-refractivity contribution in [1.82, 2.24) is 14.8 Å². The molecule has 1 unspecified atom stereocenters. The molecule has 0 fully saturated rings. The van der Waals surface area contributed by atoms with E-state index in [0.717, 1.165) is 22.4 Å². The van der Waals surface area contributed by atoms with Gasteiger partial charge in [-0.25, -0.2) is 0 Å². The molecule has 0 radical (unpaired) electrons. The molecule has 2 rings (SSSR count). The van der Waals surface area contributed by atoms with Crippen LogP contribution < -0.4 is 0 Å². The molecule has 4 nitrogen and oxygen atoms in total. The Morgan fingerprint density at radius 2 is 2.24 bits per heavy atom. The Morgan fingerprint density at radius 3 is 2.88 bits per heavy atom. The average molecular weight is 296 g/mol. The van der Waals surface area contributed by atoms with Gasteiger partial charge >= 0.3 is 0 Å². The third-order valence-corrected chi connectivity index (χ3v) is 3.05. The lowest BCUT2D eigenvalue weighted by molar-refractivity contribution is 0.166. The van der Waals surface area contributed by atoms with Gasteiger partial charge in [0.15, 0.2) is 0 Å². The Bertz CT molecular complexity index is 481. The van der Waals surface area contributed by atoms with Crippen LogP contribution in [0.2, 0.25) is 0 Å². The van der Waals surface area contributed by atoms with Gasteiger partial charge in [0.2, 0.25) is 0 Å². The number of nitrogens with zero attached hydrogens (tertiary/aromatic N) is 3. The van der Waals surface area contributed by atoms with E-state index in [-0.39, 0.29) is 0 Å². The Labute approximate surface area is 108 Å². The van der Waals surface area contributed by atoms with E-state index in [1.165, 1.54) is 0 Å². The lowest BCUT2D eigenvalue weighted by Gasteiger charge is -2.11. The number of rotatable bonds is 4. The standard InChI is InChI=1S/C12H14BrN3O/c1-2-16-11(5-6-15-16)12(17)7-10-4-3-9(13)8-14-10/h3-6,8,12,17H,2,7H2,1H3. The molecule has 0 aliphatic rings. The van der Waals surface area contributed by atoms with E-state index in [2.05, 4.69) is 26.0 Å². The van der Waals surface area contributed by atoms with Crippen molar-refractivity contribution < 1.29 is 5.11 Å². The number of aromatic nitrogens is 3. The molecule has 1 atom stereocenters. The van der Waals surface area contributed by atoms with Crippen molar-refractivity contribution in [3.05, 3.63) is 46.5 Å². The summed E-state index contributed by atoms with van der Waals surface area (Å²) in [6.45, 7) is 2.76. The summed E-state index contributed by atoms with van der Waals surface area (Å²) in [4.78, 5) is 4.25. The lowest BCUT2D eigenvalue weighted by atomic mass is 10.1. The van der Waals surface area contributed by atoms with E-state index < -0.39 is 6.10 Å². The molecule has 5 heteroatoms. The van der Waals surface area contributed by atoms with Gasteiger partial charge in [-0.2, -0.15) is 5.10 Å². The molecule has 0 amide bonds. The third kappa shape index (κ3) is 2.92. The fourth-order valence-corrected chi connectivity index (χ4v) is 1.95. The third-order valence-electron chi connectivity index (χ3n) is 2.58. The Hall–Kier alpha value is -1.20. The van der Waals surface area contributed by atoms with Crippen LogP contribution in [0.5, 0.6) is 0 Å². The molecule has 0 saturated heterocycles. The fraction of sp³-hybridized carbons (Fsp3) is 0.333. The van der Waals surface area contributed by atoms with Crippen LogP contribution in [0.1, 0.15) is 24.4 Å². The number of aryl methyl sites for hydroxylation is 1.